The van der Waals surface area contributed by atoms with Crippen LogP contribution in [0.5, 0.6) is 0 Å². The molecule has 0 heterocycles. The minimum absolute atomic E-state index is 0.385. The van der Waals surface area contributed by atoms with E-state index in [-0.39, 0.29) is 0 Å². The summed E-state index contributed by atoms with van der Waals surface area (Å²) in [4.78, 5) is 0. The van der Waals surface area contributed by atoms with Crippen molar-refractivity contribution in [2.24, 2.45) is 5.73 Å². The Hall–Kier alpha value is -1.19. The van der Waals surface area contributed by atoms with Gasteiger partial charge in [-0.25, -0.2) is 0 Å². The Labute approximate surface area is 114 Å². The van der Waals surface area contributed by atoms with Crippen LogP contribution >= 0.6 is 11.6 Å². The van der Waals surface area contributed by atoms with Gasteiger partial charge in [0, 0.05) is 6.54 Å². The molecule has 2 N–H and O–H groups in total. The molecule has 92 valence electrons. The van der Waals surface area contributed by atoms with E-state index < -0.39 is 0 Å². The molecule has 0 amide bonds. The summed E-state index contributed by atoms with van der Waals surface area (Å²) in [6, 6.07) is 19.4. The number of hydrogen-bond donors (Lipinski definition) is 1. The second-order valence-electron chi connectivity index (χ2n) is 4.36. The van der Waals surface area contributed by atoms with Crippen LogP contribution in [0.25, 0.3) is 0 Å². The molecule has 0 fully saturated rings. The Morgan fingerprint density at radius 2 is 1.56 bits per heavy atom. The van der Waals surface area contributed by atoms with Crippen LogP contribution in [0, 0.1) is 6.92 Å². The smallest absolute Gasteiger partial charge is 0.274 e. The Kier molecular flexibility index (Phi) is 4.91. The molecule has 2 aromatic rings. The monoisotopic (exact) mass is 255 g/mol. The quantitative estimate of drug-likeness (QED) is 0.824. The Morgan fingerprint density at radius 1 is 0.944 bits per heavy atom. The third kappa shape index (κ3) is 3.41. The van der Waals surface area contributed by atoms with Crippen LogP contribution in [-0.4, -0.2) is 18.3 Å². The van der Waals surface area contributed by atoms with Gasteiger partial charge in [0.1, 0.15) is 0 Å². The molecule has 0 bridgehead atoms. The van der Waals surface area contributed by atoms with E-state index in [0.717, 1.165) is 12.3 Å². The van der Waals surface area contributed by atoms with E-state index in [1.807, 2.05) is 11.6 Å². The molecule has 2 rings (SSSR count). The zero-order valence-electron chi connectivity index (χ0n) is 10.7. The van der Waals surface area contributed by atoms with Crippen molar-refractivity contribution >= 4 is 28.5 Å². The first-order valence-corrected chi connectivity index (χ1v) is 7.29. The molecule has 0 atom stereocenters. The van der Waals surface area contributed by atoms with Crippen LogP contribution in [0.4, 0.5) is 0 Å². The second kappa shape index (κ2) is 6.67. The van der Waals surface area contributed by atoms with E-state index in [0.29, 0.717) is 5.99 Å². The van der Waals surface area contributed by atoms with Crippen molar-refractivity contribution in [3.05, 3.63) is 60.2 Å². The Bertz CT molecular complexity index is 470. The molecule has 3 heteroatoms. The third-order valence-corrected chi connectivity index (χ3v) is 4.23. The molecule has 0 aliphatic rings. The van der Waals surface area contributed by atoms with E-state index in [4.69, 9.17) is 5.73 Å². The highest BCUT2D eigenvalue weighted by Gasteiger charge is 2.18. The minimum Gasteiger partial charge on any atom is -0.330 e. The number of aryl methyl sites for hydroxylation is 1. The first kappa shape index (κ1) is 13.3. The molecule has 0 aromatic heterocycles. The van der Waals surface area contributed by atoms with Crippen molar-refractivity contribution in [3.8, 4) is 0 Å². The highest BCUT2D eigenvalue weighted by atomic mass is 32.2. The van der Waals surface area contributed by atoms with Gasteiger partial charge in [-0.3, -0.25) is 0 Å². The van der Waals surface area contributed by atoms with Gasteiger partial charge >= 0.3 is 0 Å². The number of rotatable bonds is 5. The van der Waals surface area contributed by atoms with Crippen molar-refractivity contribution in [1.82, 2.24) is 0 Å². The summed E-state index contributed by atoms with van der Waals surface area (Å²) in [7, 11) is 0. The van der Waals surface area contributed by atoms with Crippen molar-refractivity contribution < 1.29 is 0 Å². The molecule has 0 radical (unpaired) electrons. The van der Waals surface area contributed by atoms with Crippen molar-refractivity contribution in [3.63, 3.8) is 0 Å². The Morgan fingerprint density at radius 3 is 2.17 bits per heavy atom. The highest BCUT2D eigenvalue weighted by molar-refractivity contribution is 8.28. The van der Waals surface area contributed by atoms with Crippen LogP contribution in [0.15, 0.2) is 54.6 Å². The van der Waals surface area contributed by atoms with Gasteiger partial charge in [-0.15, -0.1) is 0 Å². The van der Waals surface area contributed by atoms with Gasteiger partial charge in [0.25, 0.3) is 5.99 Å². The maximum absolute atomic E-state index is 5.64. The number of hydrogen-bond acceptors (Lipinski definition) is 2. The molecule has 0 spiro atoms. The molecule has 18 heavy (non-hydrogen) atoms. The molecule has 0 aliphatic heterocycles. The molecular weight excluding hydrogens is 237 g/mol. The van der Waals surface area contributed by atoms with Crippen molar-refractivity contribution in [1.29, 1.82) is 0 Å². The zero-order chi connectivity index (χ0) is 12.8. The van der Waals surface area contributed by atoms with Gasteiger partial charge in [0.15, 0.2) is 0 Å². The average molecular weight is 255 g/mol. The van der Waals surface area contributed by atoms with Crippen LogP contribution in [0.3, 0.4) is 0 Å². The first-order valence-electron chi connectivity index (χ1n) is 6.24. The molecule has 0 saturated heterocycles. The largest absolute Gasteiger partial charge is 0.330 e. The van der Waals surface area contributed by atoms with Crippen LogP contribution in [0.2, 0.25) is 0 Å². The molecule has 0 unspecified atom stereocenters. The van der Waals surface area contributed by atoms with Gasteiger partial charge < -0.3 is 5.73 Å². The van der Waals surface area contributed by atoms with Crippen LogP contribution in [-0.2, 0) is 0 Å². The van der Waals surface area contributed by atoms with E-state index in [2.05, 4.69) is 61.5 Å². The normalized spacial score (nSPS) is 10.3. The lowest BCUT2D eigenvalue weighted by atomic mass is 9.62. The molecular formula is C15H18BNS. The van der Waals surface area contributed by atoms with Gasteiger partial charge in [-0.1, -0.05) is 71.1 Å². The summed E-state index contributed by atoms with van der Waals surface area (Å²) in [5.74, 6) is 1.36. The second-order valence-corrected chi connectivity index (χ2v) is 5.57. The fraction of sp³-hybridized carbons (Fsp3) is 0.200. The van der Waals surface area contributed by atoms with Crippen molar-refractivity contribution in [2.45, 2.75) is 6.92 Å². The maximum atomic E-state index is 5.64. The lowest BCUT2D eigenvalue weighted by Crippen LogP contribution is -2.40. The summed E-state index contributed by atoms with van der Waals surface area (Å²) in [6.45, 7) is 2.84. The van der Waals surface area contributed by atoms with Gasteiger partial charge in [-0.2, -0.15) is 11.6 Å². The fourth-order valence-corrected chi connectivity index (χ4v) is 3.01. The lowest BCUT2D eigenvalue weighted by molar-refractivity contribution is 1.15. The summed E-state index contributed by atoms with van der Waals surface area (Å²) in [5, 5.41) is 0. The number of benzene rings is 2. The van der Waals surface area contributed by atoms with Gasteiger partial charge in [-0.05, 0) is 12.7 Å². The number of nitrogens with two attached hydrogens (primary N) is 1. The predicted octanol–water partition coefficient (Wildman–Crippen LogP) is 1.79. The maximum Gasteiger partial charge on any atom is 0.274 e. The highest BCUT2D eigenvalue weighted by Crippen LogP contribution is 2.08. The molecule has 2 aromatic carbocycles. The minimum atomic E-state index is 0.385. The Balaban J connectivity index is 2.27. The molecule has 0 saturated carbocycles. The summed E-state index contributed by atoms with van der Waals surface area (Å²) in [5.41, 5.74) is 9.64. The summed E-state index contributed by atoms with van der Waals surface area (Å²) >= 11 is 1.91. The van der Waals surface area contributed by atoms with E-state index >= 15 is 0 Å². The summed E-state index contributed by atoms with van der Waals surface area (Å²) in [6.07, 6.45) is 0. The zero-order valence-corrected chi connectivity index (χ0v) is 11.5. The van der Waals surface area contributed by atoms with Gasteiger partial charge in [0.05, 0.1) is 0 Å². The van der Waals surface area contributed by atoms with E-state index in [1.54, 1.807) is 0 Å². The van der Waals surface area contributed by atoms with Gasteiger partial charge in [0.2, 0.25) is 0 Å². The first-order chi connectivity index (χ1) is 8.81. The third-order valence-electron chi connectivity index (χ3n) is 2.88. The van der Waals surface area contributed by atoms with E-state index in [9.17, 15) is 0 Å². The SMILES string of the molecule is Cc1ccc(B(SCCN)c2ccccc2)cc1. The lowest BCUT2D eigenvalue weighted by Gasteiger charge is -2.14. The standard InChI is InChI=1S/C15H18BNS/c1-13-7-9-15(10-8-13)16(18-12-11-17)14-5-3-2-4-6-14/h2-10H,11-12,17H2,1H3. The predicted molar refractivity (Wildman–Crippen MR) is 84.2 cm³/mol. The average Bonchev–Trinajstić information content (AvgIpc) is 2.42. The van der Waals surface area contributed by atoms with E-state index in [1.165, 1.54) is 16.5 Å². The molecule has 0 aliphatic carbocycles. The topological polar surface area (TPSA) is 26.0 Å². The molecule has 1 nitrogen and oxygen atoms in total. The van der Waals surface area contributed by atoms with Crippen LogP contribution in [0.1, 0.15) is 5.56 Å². The van der Waals surface area contributed by atoms with Crippen LogP contribution < -0.4 is 16.7 Å². The summed E-state index contributed by atoms with van der Waals surface area (Å²) < 4.78 is 0. The van der Waals surface area contributed by atoms with Crippen molar-refractivity contribution in [2.75, 3.05) is 12.3 Å². The fourth-order valence-electron chi connectivity index (χ4n) is 1.94.